The summed E-state index contributed by atoms with van der Waals surface area (Å²) < 4.78 is 3.61. The van der Waals surface area contributed by atoms with Crippen LogP contribution in [0.15, 0.2) is 18.2 Å². The van der Waals surface area contributed by atoms with Crippen molar-refractivity contribution in [2.75, 3.05) is 5.32 Å². The van der Waals surface area contributed by atoms with Crippen LogP contribution in [0, 0.1) is 6.92 Å². The molecule has 0 radical (unpaired) electrons. The first-order valence-corrected chi connectivity index (χ1v) is 6.49. The molecule has 0 aliphatic carbocycles. The zero-order chi connectivity index (χ0) is 13.9. The van der Waals surface area contributed by atoms with Crippen molar-refractivity contribution in [1.82, 2.24) is 0 Å². The second-order valence-electron chi connectivity index (χ2n) is 4.10. The Morgan fingerprint density at radius 3 is 2.39 bits per heavy atom. The third kappa shape index (κ3) is 4.56. The molecule has 0 fully saturated rings. The standard InChI is InChI=1S/C12H14Cl3NO2/c1-7(2)18-10-5-4-9(6-8(10)3)16-11(17)12(13,14)15/h4-7H,1-3H3,(H,16,17). The zero-order valence-electron chi connectivity index (χ0n) is 10.3. The number of anilines is 1. The molecule has 1 aromatic rings. The number of benzene rings is 1. The lowest BCUT2D eigenvalue weighted by Crippen LogP contribution is -2.26. The number of rotatable bonds is 3. The Bertz CT molecular complexity index is 441. The predicted octanol–water partition coefficient (Wildman–Crippen LogP) is 4.09. The highest BCUT2D eigenvalue weighted by Crippen LogP contribution is 2.29. The monoisotopic (exact) mass is 309 g/mol. The van der Waals surface area contributed by atoms with Crippen LogP contribution in [0.2, 0.25) is 0 Å². The maximum Gasteiger partial charge on any atom is 0.276 e. The molecule has 6 heteroatoms. The van der Waals surface area contributed by atoms with Gasteiger partial charge in [-0.2, -0.15) is 0 Å². The van der Waals surface area contributed by atoms with E-state index in [1.807, 2.05) is 20.8 Å². The first-order chi connectivity index (χ1) is 8.20. The molecule has 0 heterocycles. The molecule has 1 rings (SSSR count). The molecule has 1 N–H and O–H groups in total. The van der Waals surface area contributed by atoms with Crippen LogP contribution in [0.4, 0.5) is 5.69 Å². The molecule has 3 nitrogen and oxygen atoms in total. The van der Waals surface area contributed by atoms with E-state index in [0.717, 1.165) is 11.3 Å². The van der Waals surface area contributed by atoms with E-state index in [9.17, 15) is 4.79 Å². The molecule has 0 aliphatic rings. The number of amides is 1. The molecule has 0 atom stereocenters. The van der Waals surface area contributed by atoms with Crippen molar-refractivity contribution in [3.63, 3.8) is 0 Å². The highest BCUT2D eigenvalue weighted by atomic mass is 35.6. The first kappa shape index (κ1) is 15.4. The fraction of sp³-hybridized carbons (Fsp3) is 0.417. The molecule has 1 aromatic carbocycles. The summed E-state index contributed by atoms with van der Waals surface area (Å²) in [7, 11) is 0. The van der Waals surface area contributed by atoms with Gasteiger partial charge in [0.2, 0.25) is 0 Å². The summed E-state index contributed by atoms with van der Waals surface area (Å²) in [5, 5.41) is 2.51. The summed E-state index contributed by atoms with van der Waals surface area (Å²) in [5.74, 6) is 0.0707. The van der Waals surface area contributed by atoms with Crippen molar-refractivity contribution in [3.05, 3.63) is 23.8 Å². The molecule has 0 saturated heterocycles. The number of halogens is 3. The van der Waals surface area contributed by atoms with Gasteiger partial charge in [0, 0.05) is 5.69 Å². The quantitative estimate of drug-likeness (QED) is 0.854. The minimum absolute atomic E-state index is 0.0883. The van der Waals surface area contributed by atoms with Crippen LogP contribution in [0.1, 0.15) is 19.4 Å². The minimum atomic E-state index is -1.97. The van der Waals surface area contributed by atoms with E-state index < -0.39 is 9.70 Å². The number of hydrogen-bond acceptors (Lipinski definition) is 2. The molecule has 0 aliphatic heterocycles. The normalized spacial score (nSPS) is 11.5. The topological polar surface area (TPSA) is 38.3 Å². The van der Waals surface area contributed by atoms with Crippen molar-refractivity contribution < 1.29 is 9.53 Å². The average Bonchev–Trinajstić information content (AvgIpc) is 2.20. The molecule has 0 spiro atoms. The van der Waals surface area contributed by atoms with Crippen LogP contribution >= 0.6 is 34.8 Å². The average molecular weight is 311 g/mol. The number of nitrogens with one attached hydrogen (secondary N) is 1. The van der Waals surface area contributed by atoms with E-state index in [1.165, 1.54) is 0 Å². The number of aryl methyl sites for hydroxylation is 1. The maximum atomic E-state index is 11.5. The van der Waals surface area contributed by atoms with Crippen LogP contribution in [-0.2, 0) is 4.79 Å². The van der Waals surface area contributed by atoms with Gasteiger partial charge in [-0.25, -0.2) is 0 Å². The van der Waals surface area contributed by atoms with Gasteiger partial charge in [0.05, 0.1) is 6.10 Å². The summed E-state index contributed by atoms with van der Waals surface area (Å²) in [4.78, 5) is 11.5. The summed E-state index contributed by atoms with van der Waals surface area (Å²) in [6, 6.07) is 5.22. The van der Waals surface area contributed by atoms with E-state index >= 15 is 0 Å². The van der Waals surface area contributed by atoms with Crippen LogP contribution in [0.5, 0.6) is 5.75 Å². The number of carbonyl (C=O) groups excluding carboxylic acids is 1. The van der Waals surface area contributed by atoms with Gasteiger partial charge in [0.25, 0.3) is 9.70 Å². The van der Waals surface area contributed by atoms with E-state index in [0.29, 0.717) is 5.69 Å². The SMILES string of the molecule is Cc1cc(NC(=O)C(Cl)(Cl)Cl)ccc1OC(C)C. The van der Waals surface area contributed by atoms with Crippen LogP contribution in [-0.4, -0.2) is 15.8 Å². The van der Waals surface area contributed by atoms with Crippen molar-refractivity contribution in [2.24, 2.45) is 0 Å². The van der Waals surface area contributed by atoms with Gasteiger partial charge in [0.1, 0.15) is 5.75 Å². The van der Waals surface area contributed by atoms with Crippen LogP contribution in [0.25, 0.3) is 0 Å². The smallest absolute Gasteiger partial charge is 0.276 e. The van der Waals surface area contributed by atoms with Crippen LogP contribution < -0.4 is 10.1 Å². The second-order valence-corrected chi connectivity index (χ2v) is 6.38. The zero-order valence-corrected chi connectivity index (χ0v) is 12.5. The Morgan fingerprint density at radius 1 is 1.33 bits per heavy atom. The fourth-order valence-electron chi connectivity index (χ4n) is 1.32. The lowest BCUT2D eigenvalue weighted by atomic mass is 10.2. The molecule has 18 heavy (non-hydrogen) atoms. The van der Waals surface area contributed by atoms with E-state index in [1.54, 1.807) is 18.2 Å². The number of hydrogen-bond donors (Lipinski definition) is 1. The lowest BCUT2D eigenvalue weighted by Gasteiger charge is -2.15. The summed E-state index contributed by atoms with van der Waals surface area (Å²) in [5.41, 5.74) is 1.45. The number of carbonyl (C=O) groups is 1. The van der Waals surface area contributed by atoms with Crippen molar-refractivity contribution in [2.45, 2.75) is 30.7 Å². The Morgan fingerprint density at radius 2 is 1.94 bits per heavy atom. The van der Waals surface area contributed by atoms with Crippen molar-refractivity contribution in [3.8, 4) is 5.75 Å². The molecule has 0 aromatic heterocycles. The summed E-state index contributed by atoms with van der Waals surface area (Å²) >= 11 is 16.4. The molecule has 1 amide bonds. The molecular weight excluding hydrogens is 296 g/mol. The predicted molar refractivity (Wildman–Crippen MR) is 75.9 cm³/mol. The van der Waals surface area contributed by atoms with Crippen molar-refractivity contribution >= 4 is 46.4 Å². The molecular formula is C12H14Cl3NO2. The first-order valence-electron chi connectivity index (χ1n) is 5.35. The minimum Gasteiger partial charge on any atom is -0.491 e. The highest BCUT2D eigenvalue weighted by Gasteiger charge is 2.30. The van der Waals surface area contributed by atoms with E-state index in [4.69, 9.17) is 39.5 Å². The van der Waals surface area contributed by atoms with E-state index in [-0.39, 0.29) is 6.10 Å². The number of ether oxygens (including phenoxy) is 1. The number of alkyl halides is 3. The third-order valence-electron chi connectivity index (χ3n) is 2.05. The Balaban J connectivity index is 2.82. The molecule has 100 valence electrons. The van der Waals surface area contributed by atoms with E-state index in [2.05, 4.69) is 5.32 Å². The Kier molecular flexibility index (Phi) is 5.14. The van der Waals surface area contributed by atoms with Gasteiger partial charge in [-0.05, 0) is 44.5 Å². The summed E-state index contributed by atoms with van der Waals surface area (Å²) in [6.07, 6.45) is 0.0883. The molecule has 0 bridgehead atoms. The van der Waals surface area contributed by atoms with Crippen LogP contribution in [0.3, 0.4) is 0 Å². The van der Waals surface area contributed by atoms with Gasteiger partial charge in [-0.1, -0.05) is 34.8 Å². The maximum absolute atomic E-state index is 11.5. The van der Waals surface area contributed by atoms with Gasteiger partial charge in [0.15, 0.2) is 0 Å². The van der Waals surface area contributed by atoms with Gasteiger partial charge >= 0.3 is 0 Å². The molecule has 0 unspecified atom stereocenters. The van der Waals surface area contributed by atoms with Gasteiger partial charge in [-0.3, -0.25) is 4.79 Å². The largest absolute Gasteiger partial charge is 0.491 e. The second kappa shape index (κ2) is 6.00. The van der Waals surface area contributed by atoms with Crippen molar-refractivity contribution in [1.29, 1.82) is 0 Å². The Labute approximate surface area is 121 Å². The highest BCUT2D eigenvalue weighted by molar-refractivity contribution is 6.76. The Hall–Kier alpha value is -0.640. The summed E-state index contributed by atoms with van der Waals surface area (Å²) in [6.45, 7) is 5.76. The third-order valence-corrected chi connectivity index (χ3v) is 2.57. The molecule has 0 saturated carbocycles. The van der Waals surface area contributed by atoms with Gasteiger partial charge in [-0.15, -0.1) is 0 Å². The van der Waals surface area contributed by atoms with Gasteiger partial charge < -0.3 is 10.1 Å². The fourth-order valence-corrected chi connectivity index (χ4v) is 1.46. The lowest BCUT2D eigenvalue weighted by molar-refractivity contribution is -0.115.